The summed E-state index contributed by atoms with van der Waals surface area (Å²) in [7, 11) is 0. The molecule has 0 aliphatic carbocycles. The van der Waals surface area contributed by atoms with E-state index in [0.717, 1.165) is 32.6 Å². The molecule has 2 saturated heterocycles. The predicted octanol–water partition coefficient (Wildman–Crippen LogP) is 2.10. The first-order chi connectivity index (χ1) is 12.3. The van der Waals surface area contributed by atoms with Crippen LogP contribution in [0, 0.1) is 5.92 Å². The monoisotopic (exact) mass is 347 g/mol. The SMILES string of the molecule is CCOc1ncccc1C(=O)NC[C@@H]1CCCN(C2CCOCC2)C1. The summed E-state index contributed by atoms with van der Waals surface area (Å²) in [5.74, 6) is 0.822. The van der Waals surface area contributed by atoms with E-state index in [1.165, 1.54) is 19.4 Å². The molecule has 0 saturated carbocycles. The third-order valence-electron chi connectivity index (χ3n) is 5.11. The highest BCUT2D eigenvalue weighted by atomic mass is 16.5. The van der Waals surface area contributed by atoms with Gasteiger partial charge in [-0.05, 0) is 57.2 Å². The Labute approximate surface area is 149 Å². The second kappa shape index (κ2) is 9.15. The Morgan fingerprint density at radius 1 is 1.40 bits per heavy atom. The summed E-state index contributed by atoms with van der Waals surface area (Å²) in [5.41, 5.74) is 0.515. The highest BCUT2D eigenvalue weighted by Crippen LogP contribution is 2.23. The maximum atomic E-state index is 12.5. The van der Waals surface area contributed by atoms with Gasteiger partial charge in [0.2, 0.25) is 5.88 Å². The number of ether oxygens (including phenoxy) is 2. The van der Waals surface area contributed by atoms with Crippen molar-refractivity contribution < 1.29 is 14.3 Å². The zero-order valence-electron chi connectivity index (χ0n) is 15.1. The molecule has 2 aliphatic heterocycles. The van der Waals surface area contributed by atoms with Gasteiger partial charge in [-0.25, -0.2) is 4.98 Å². The number of carbonyl (C=O) groups is 1. The fourth-order valence-corrected chi connectivity index (χ4v) is 3.79. The molecule has 0 spiro atoms. The number of hydrogen-bond donors (Lipinski definition) is 1. The highest BCUT2D eigenvalue weighted by molar-refractivity contribution is 5.96. The quantitative estimate of drug-likeness (QED) is 0.854. The van der Waals surface area contributed by atoms with Crippen LogP contribution in [0.1, 0.15) is 43.0 Å². The van der Waals surface area contributed by atoms with Crippen molar-refractivity contribution >= 4 is 5.91 Å². The Balaban J connectivity index is 1.51. The smallest absolute Gasteiger partial charge is 0.256 e. The first-order valence-corrected chi connectivity index (χ1v) is 9.45. The second-order valence-electron chi connectivity index (χ2n) is 6.85. The molecule has 6 nitrogen and oxygen atoms in total. The van der Waals surface area contributed by atoms with Crippen molar-refractivity contribution in [2.24, 2.45) is 5.92 Å². The molecule has 1 amide bonds. The van der Waals surface area contributed by atoms with E-state index < -0.39 is 0 Å². The van der Waals surface area contributed by atoms with Gasteiger partial charge in [0, 0.05) is 38.5 Å². The van der Waals surface area contributed by atoms with Crippen LogP contribution in [0.4, 0.5) is 0 Å². The van der Waals surface area contributed by atoms with Crippen molar-refractivity contribution in [3.63, 3.8) is 0 Å². The van der Waals surface area contributed by atoms with Crippen molar-refractivity contribution in [2.75, 3.05) is 39.5 Å². The van der Waals surface area contributed by atoms with Gasteiger partial charge >= 0.3 is 0 Å². The van der Waals surface area contributed by atoms with Gasteiger partial charge in [-0.15, -0.1) is 0 Å². The van der Waals surface area contributed by atoms with Crippen LogP contribution in [0.3, 0.4) is 0 Å². The maximum Gasteiger partial charge on any atom is 0.256 e. The number of likely N-dealkylation sites (tertiary alicyclic amines) is 1. The summed E-state index contributed by atoms with van der Waals surface area (Å²) < 4.78 is 10.9. The Kier molecular flexibility index (Phi) is 6.64. The van der Waals surface area contributed by atoms with Gasteiger partial charge in [-0.3, -0.25) is 9.69 Å². The summed E-state index contributed by atoms with van der Waals surface area (Å²) in [6.45, 7) is 7.10. The molecule has 0 aromatic carbocycles. The second-order valence-corrected chi connectivity index (χ2v) is 6.85. The molecule has 0 unspecified atom stereocenters. The maximum absolute atomic E-state index is 12.5. The molecule has 25 heavy (non-hydrogen) atoms. The molecule has 3 heterocycles. The minimum absolute atomic E-state index is 0.0975. The van der Waals surface area contributed by atoms with Gasteiger partial charge in [0.25, 0.3) is 5.91 Å². The molecular weight excluding hydrogens is 318 g/mol. The molecule has 138 valence electrons. The molecule has 1 atom stereocenters. The number of aromatic nitrogens is 1. The molecule has 6 heteroatoms. The lowest BCUT2D eigenvalue weighted by Crippen LogP contribution is -2.47. The number of hydrogen-bond acceptors (Lipinski definition) is 5. The lowest BCUT2D eigenvalue weighted by Gasteiger charge is -2.40. The van der Waals surface area contributed by atoms with E-state index in [9.17, 15) is 4.79 Å². The number of pyridine rings is 1. The number of nitrogens with zero attached hydrogens (tertiary/aromatic N) is 2. The number of amides is 1. The normalized spacial score (nSPS) is 22.5. The van der Waals surface area contributed by atoms with Crippen molar-refractivity contribution in [3.05, 3.63) is 23.9 Å². The number of piperidine rings is 1. The van der Waals surface area contributed by atoms with Crippen LogP contribution in [-0.4, -0.2) is 61.3 Å². The largest absolute Gasteiger partial charge is 0.477 e. The number of carbonyl (C=O) groups excluding carboxylic acids is 1. The first-order valence-electron chi connectivity index (χ1n) is 9.45. The molecule has 2 aliphatic rings. The number of rotatable bonds is 6. The van der Waals surface area contributed by atoms with Crippen molar-refractivity contribution in [1.29, 1.82) is 0 Å². The molecule has 1 aromatic rings. The minimum atomic E-state index is -0.0975. The summed E-state index contributed by atoms with van der Waals surface area (Å²) in [6.07, 6.45) is 6.29. The van der Waals surface area contributed by atoms with Crippen LogP contribution in [0.25, 0.3) is 0 Å². The van der Waals surface area contributed by atoms with E-state index in [1.807, 2.05) is 6.92 Å². The predicted molar refractivity (Wildman–Crippen MR) is 95.9 cm³/mol. The summed E-state index contributed by atoms with van der Waals surface area (Å²) in [6, 6.07) is 4.18. The van der Waals surface area contributed by atoms with Gasteiger partial charge in [-0.2, -0.15) is 0 Å². The van der Waals surface area contributed by atoms with Gasteiger partial charge in [0.1, 0.15) is 5.56 Å². The Hall–Kier alpha value is -1.66. The average Bonchev–Trinajstić information content (AvgIpc) is 2.68. The topological polar surface area (TPSA) is 63.7 Å². The van der Waals surface area contributed by atoms with Crippen molar-refractivity contribution in [2.45, 2.75) is 38.6 Å². The van der Waals surface area contributed by atoms with Gasteiger partial charge < -0.3 is 14.8 Å². The van der Waals surface area contributed by atoms with E-state index in [2.05, 4.69) is 15.2 Å². The Morgan fingerprint density at radius 3 is 3.04 bits per heavy atom. The molecule has 1 N–H and O–H groups in total. The summed E-state index contributed by atoms with van der Waals surface area (Å²) >= 11 is 0. The van der Waals surface area contributed by atoms with Gasteiger partial charge in [0.15, 0.2) is 0 Å². The van der Waals surface area contributed by atoms with E-state index in [1.54, 1.807) is 18.3 Å². The molecule has 2 fully saturated rings. The molecule has 0 bridgehead atoms. The van der Waals surface area contributed by atoms with Crippen molar-refractivity contribution in [3.8, 4) is 5.88 Å². The van der Waals surface area contributed by atoms with E-state index >= 15 is 0 Å². The summed E-state index contributed by atoms with van der Waals surface area (Å²) in [5, 5.41) is 3.08. The lowest BCUT2D eigenvalue weighted by molar-refractivity contribution is 0.0179. The lowest BCUT2D eigenvalue weighted by atomic mass is 9.94. The van der Waals surface area contributed by atoms with Crippen LogP contribution in [0.2, 0.25) is 0 Å². The molecular formula is C19H29N3O3. The average molecular weight is 347 g/mol. The Bertz CT molecular complexity index is 561. The first kappa shape index (κ1) is 18.1. The van der Waals surface area contributed by atoms with Crippen molar-refractivity contribution in [1.82, 2.24) is 15.2 Å². The third-order valence-corrected chi connectivity index (χ3v) is 5.11. The van der Waals surface area contributed by atoms with Crippen LogP contribution < -0.4 is 10.1 Å². The summed E-state index contributed by atoms with van der Waals surface area (Å²) in [4.78, 5) is 19.3. The Morgan fingerprint density at radius 2 is 2.24 bits per heavy atom. The van der Waals surface area contributed by atoms with E-state index in [0.29, 0.717) is 36.6 Å². The minimum Gasteiger partial charge on any atom is -0.477 e. The van der Waals surface area contributed by atoms with Crippen LogP contribution >= 0.6 is 0 Å². The highest BCUT2D eigenvalue weighted by Gasteiger charge is 2.27. The fraction of sp³-hybridized carbons (Fsp3) is 0.684. The number of nitrogens with one attached hydrogen (secondary N) is 1. The fourth-order valence-electron chi connectivity index (χ4n) is 3.79. The van der Waals surface area contributed by atoms with Gasteiger partial charge in [0.05, 0.1) is 6.61 Å². The zero-order valence-corrected chi connectivity index (χ0v) is 15.1. The van der Waals surface area contributed by atoms with E-state index in [-0.39, 0.29) is 5.91 Å². The van der Waals surface area contributed by atoms with Crippen LogP contribution in [0.15, 0.2) is 18.3 Å². The third kappa shape index (κ3) is 4.92. The standard InChI is InChI=1S/C19H29N3O3/c1-2-25-19-17(6-3-9-20-19)18(23)21-13-15-5-4-10-22(14-15)16-7-11-24-12-8-16/h3,6,9,15-16H,2,4-5,7-8,10-14H2,1H3,(H,21,23)/t15-/m0/s1. The van der Waals surface area contributed by atoms with Crippen LogP contribution in [0.5, 0.6) is 5.88 Å². The van der Waals surface area contributed by atoms with Crippen LogP contribution in [-0.2, 0) is 4.74 Å². The molecule has 1 aromatic heterocycles. The van der Waals surface area contributed by atoms with Gasteiger partial charge in [-0.1, -0.05) is 0 Å². The molecule has 0 radical (unpaired) electrons. The van der Waals surface area contributed by atoms with E-state index in [4.69, 9.17) is 9.47 Å². The molecule has 3 rings (SSSR count). The zero-order chi connectivity index (χ0) is 17.5.